The summed E-state index contributed by atoms with van der Waals surface area (Å²) in [5.74, 6) is 0.144. The third-order valence-electron chi connectivity index (χ3n) is 4.48. The second kappa shape index (κ2) is 6.44. The van der Waals surface area contributed by atoms with Crippen LogP contribution in [0.25, 0.3) is 0 Å². The highest BCUT2D eigenvalue weighted by Gasteiger charge is 2.28. The Morgan fingerprint density at radius 3 is 2.65 bits per heavy atom. The van der Waals surface area contributed by atoms with Gasteiger partial charge in [-0.1, -0.05) is 18.2 Å². The highest BCUT2D eigenvalue weighted by Crippen LogP contribution is 2.23. The maximum Gasteiger partial charge on any atom is 0.244 e. The van der Waals surface area contributed by atoms with Crippen LogP contribution in [0.5, 0.6) is 0 Å². The monoisotopic (exact) mass is 312 g/mol. The molecule has 1 aliphatic heterocycles. The van der Waals surface area contributed by atoms with E-state index < -0.39 is 0 Å². The number of para-hydroxylation sites is 1. The van der Waals surface area contributed by atoms with E-state index in [1.165, 1.54) is 11.3 Å². The standard InChI is InChI=1S/C18H24N4O/c1-14-6-4-5-7-17(14)20-10-11-22(16(3)12-20)18(23)13-21-9-8-15(2)19-21/h4-9,16H,10-13H2,1-3H3/t16-/m1/s1. The van der Waals surface area contributed by atoms with Crippen molar-refractivity contribution in [2.45, 2.75) is 33.4 Å². The Morgan fingerprint density at radius 2 is 2.00 bits per heavy atom. The summed E-state index contributed by atoms with van der Waals surface area (Å²) in [4.78, 5) is 16.9. The Bertz CT molecular complexity index is 694. The van der Waals surface area contributed by atoms with Gasteiger partial charge >= 0.3 is 0 Å². The summed E-state index contributed by atoms with van der Waals surface area (Å²) < 4.78 is 1.72. The number of amides is 1. The van der Waals surface area contributed by atoms with E-state index >= 15 is 0 Å². The highest BCUT2D eigenvalue weighted by molar-refractivity contribution is 5.76. The minimum Gasteiger partial charge on any atom is -0.367 e. The fraction of sp³-hybridized carbons (Fsp3) is 0.444. The van der Waals surface area contributed by atoms with Crippen molar-refractivity contribution in [1.82, 2.24) is 14.7 Å². The molecule has 0 unspecified atom stereocenters. The molecule has 1 aromatic carbocycles. The van der Waals surface area contributed by atoms with E-state index in [9.17, 15) is 4.79 Å². The van der Waals surface area contributed by atoms with Crippen molar-refractivity contribution in [2.24, 2.45) is 0 Å². The first kappa shape index (κ1) is 15.6. The molecule has 3 rings (SSSR count). The molecule has 2 heterocycles. The van der Waals surface area contributed by atoms with Gasteiger partial charge in [-0.2, -0.15) is 5.10 Å². The van der Waals surface area contributed by atoms with Crippen molar-refractivity contribution in [3.63, 3.8) is 0 Å². The molecule has 1 saturated heterocycles. The van der Waals surface area contributed by atoms with Crippen LogP contribution in [0.4, 0.5) is 5.69 Å². The van der Waals surface area contributed by atoms with Crippen molar-refractivity contribution in [3.05, 3.63) is 47.8 Å². The highest BCUT2D eigenvalue weighted by atomic mass is 16.2. The Balaban J connectivity index is 1.64. The fourth-order valence-corrected chi connectivity index (χ4v) is 3.25. The Kier molecular flexibility index (Phi) is 4.37. The molecule has 23 heavy (non-hydrogen) atoms. The lowest BCUT2D eigenvalue weighted by molar-refractivity contribution is -0.134. The van der Waals surface area contributed by atoms with E-state index in [4.69, 9.17) is 0 Å². The summed E-state index contributed by atoms with van der Waals surface area (Å²) in [6.45, 7) is 9.02. The number of aromatic nitrogens is 2. The zero-order valence-corrected chi connectivity index (χ0v) is 14.1. The molecule has 1 aliphatic rings. The average molecular weight is 312 g/mol. The predicted molar refractivity (Wildman–Crippen MR) is 91.5 cm³/mol. The van der Waals surface area contributed by atoms with Gasteiger partial charge in [-0.05, 0) is 38.5 Å². The van der Waals surface area contributed by atoms with Crippen LogP contribution < -0.4 is 4.90 Å². The van der Waals surface area contributed by atoms with Gasteiger partial charge in [0.25, 0.3) is 0 Å². The number of hydrogen-bond donors (Lipinski definition) is 0. The average Bonchev–Trinajstić information content (AvgIpc) is 2.92. The van der Waals surface area contributed by atoms with E-state index in [0.717, 1.165) is 25.3 Å². The van der Waals surface area contributed by atoms with Gasteiger partial charge in [-0.15, -0.1) is 0 Å². The summed E-state index contributed by atoms with van der Waals surface area (Å²) in [7, 11) is 0. The first-order valence-electron chi connectivity index (χ1n) is 8.14. The summed E-state index contributed by atoms with van der Waals surface area (Å²) in [6.07, 6.45) is 1.86. The normalized spacial score (nSPS) is 18.3. The summed E-state index contributed by atoms with van der Waals surface area (Å²) >= 11 is 0. The summed E-state index contributed by atoms with van der Waals surface area (Å²) in [5.41, 5.74) is 3.50. The zero-order valence-electron chi connectivity index (χ0n) is 14.1. The number of anilines is 1. The second-order valence-electron chi connectivity index (χ2n) is 6.32. The SMILES string of the molecule is Cc1ccn(CC(=O)N2CCN(c3ccccc3C)C[C@H]2C)n1. The first-order valence-corrected chi connectivity index (χ1v) is 8.14. The van der Waals surface area contributed by atoms with Gasteiger partial charge in [0.1, 0.15) is 6.54 Å². The van der Waals surface area contributed by atoms with E-state index in [1.807, 2.05) is 24.1 Å². The molecule has 5 heteroatoms. The molecule has 1 amide bonds. The first-order chi connectivity index (χ1) is 11.0. The summed E-state index contributed by atoms with van der Waals surface area (Å²) in [5, 5.41) is 4.30. The van der Waals surface area contributed by atoms with Crippen molar-refractivity contribution in [3.8, 4) is 0 Å². The smallest absolute Gasteiger partial charge is 0.244 e. The second-order valence-corrected chi connectivity index (χ2v) is 6.32. The molecule has 0 bridgehead atoms. The van der Waals surface area contributed by atoms with Crippen LogP contribution in [-0.2, 0) is 11.3 Å². The van der Waals surface area contributed by atoms with Gasteiger partial charge in [0, 0.05) is 37.6 Å². The van der Waals surface area contributed by atoms with Gasteiger partial charge < -0.3 is 9.80 Å². The molecule has 0 N–H and O–H groups in total. The van der Waals surface area contributed by atoms with Crippen LogP contribution in [0, 0.1) is 13.8 Å². The maximum absolute atomic E-state index is 12.5. The number of rotatable bonds is 3. The Labute approximate surface area is 137 Å². The third-order valence-corrected chi connectivity index (χ3v) is 4.48. The van der Waals surface area contributed by atoms with Crippen molar-refractivity contribution < 1.29 is 4.79 Å². The summed E-state index contributed by atoms with van der Waals surface area (Å²) in [6, 6.07) is 10.6. The van der Waals surface area contributed by atoms with E-state index in [0.29, 0.717) is 6.54 Å². The lowest BCUT2D eigenvalue weighted by atomic mass is 10.1. The van der Waals surface area contributed by atoms with Gasteiger partial charge in [0.2, 0.25) is 5.91 Å². The predicted octanol–water partition coefficient (Wildman–Crippen LogP) is 2.24. The van der Waals surface area contributed by atoms with Crippen molar-refractivity contribution in [1.29, 1.82) is 0 Å². The van der Waals surface area contributed by atoms with Crippen LogP contribution in [0.3, 0.4) is 0 Å². The number of aryl methyl sites for hydroxylation is 2. The Morgan fingerprint density at radius 1 is 1.22 bits per heavy atom. The van der Waals surface area contributed by atoms with Gasteiger partial charge in [0.15, 0.2) is 0 Å². The molecule has 0 spiro atoms. The van der Waals surface area contributed by atoms with E-state index in [-0.39, 0.29) is 11.9 Å². The van der Waals surface area contributed by atoms with E-state index in [1.54, 1.807) is 4.68 Å². The minimum absolute atomic E-state index is 0.144. The number of carbonyl (C=O) groups is 1. The van der Waals surface area contributed by atoms with Gasteiger partial charge in [0.05, 0.1) is 5.69 Å². The lowest BCUT2D eigenvalue weighted by Crippen LogP contribution is -2.55. The molecule has 0 saturated carbocycles. The molecular formula is C18H24N4O. The molecule has 0 aliphatic carbocycles. The molecule has 5 nitrogen and oxygen atoms in total. The molecule has 0 radical (unpaired) electrons. The number of piperazine rings is 1. The zero-order chi connectivity index (χ0) is 16.4. The van der Waals surface area contributed by atoms with Gasteiger partial charge in [-0.25, -0.2) is 0 Å². The van der Waals surface area contributed by atoms with Crippen LogP contribution in [0.15, 0.2) is 36.5 Å². The van der Waals surface area contributed by atoms with Gasteiger partial charge in [-0.3, -0.25) is 9.48 Å². The number of hydrogen-bond acceptors (Lipinski definition) is 3. The van der Waals surface area contributed by atoms with E-state index in [2.05, 4.69) is 48.1 Å². The largest absolute Gasteiger partial charge is 0.367 e. The maximum atomic E-state index is 12.5. The molecule has 1 atom stereocenters. The molecule has 122 valence electrons. The number of nitrogens with zero attached hydrogens (tertiary/aromatic N) is 4. The van der Waals surface area contributed by atoms with Crippen LogP contribution in [0.2, 0.25) is 0 Å². The fourth-order valence-electron chi connectivity index (χ4n) is 3.25. The topological polar surface area (TPSA) is 41.4 Å². The van der Waals surface area contributed by atoms with Crippen molar-refractivity contribution >= 4 is 11.6 Å². The van der Waals surface area contributed by atoms with Crippen LogP contribution >= 0.6 is 0 Å². The molecule has 2 aromatic rings. The van der Waals surface area contributed by atoms with Crippen molar-refractivity contribution in [2.75, 3.05) is 24.5 Å². The Hall–Kier alpha value is -2.30. The van der Waals surface area contributed by atoms with Crippen LogP contribution in [-0.4, -0.2) is 46.3 Å². The number of carbonyl (C=O) groups excluding carboxylic acids is 1. The van der Waals surface area contributed by atoms with Crippen LogP contribution in [0.1, 0.15) is 18.2 Å². The molecule has 1 fully saturated rings. The number of benzene rings is 1. The molecular weight excluding hydrogens is 288 g/mol. The minimum atomic E-state index is 0.144. The quantitative estimate of drug-likeness (QED) is 0.873. The lowest BCUT2D eigenvalue weighted by Gasteiger charge is -2.41. The molecule has 1 aromatic heterocycles. The third kappa shape index (κ3) is 3.38.